The largest absolute Gasteiger partial charge is 0.377 e. The molecule has 1 amide bonds. The molecular formula is C16H30N2O2. The summed E-state index contributed by atoms with van der Waals surface area (Å²) in [6.45, 7) is 5.29. The molecule has 0 aromatic rings. The van der Waals surface area contributed by atoms with Gasteiger partial charge in [-0.25, -0.2) is 0 Å². The van der Waals surface area contributed by atoms with Gasteiger partial charge in [-0.15, -0.1) is 0 Å². The molecule has 20 heavy (non-hydrogen) atoms. The van der Waals surface area contributed by atoms with E-state index in [0.29, 0.717) is 17.7 Å². The van der Waals surface area contributed by atoms with Crippen molar-refractivity contribution in [3.8, 4) is 0 Å². The van der Waals surface area contributed by atoms with E-state index >= 15 is 0 Å². The number of nitrogens with two attached hydrogens (primary N) is 1. The number of carbonyl (C=O) groups is 1. The molecule has 1 atom stereocenters. The zero-order valence-corrected chi connectivity index (χ0v) is 12.9. The Labute approximate surface area is 123 Å². The highest BCUT2D eigenvalue weighted by atomic mass is 16.5. The van der Waals surface area contributed by atoms with Gasteiger partial charge < -0.3 is 15.4 Å². The molecule has 0 aromatic heterocycles. The van der Waals surface area contributed by atoms with E-state index < -0.39 is 0 Å². The SMILES string of the molecule is CCOC1CCCN(C(=O)CC2CCC(CN)CC2)C1. The molecule has 0 radical (unpaired) electrons. The van der Waals surface area contributed by atoms with Crippen molar-refractivity contribution in [1.29, 1.82) is 0 Å². The monoisotopic (exact) mass is 282 g/mol. The van der Waals surface area contributed by atoms with E-state index in [0.717, 1.165) is 45.5 Å². The van der Waals surface area contributed by atoms with Crippen molar-refractivity contribution < 1.29 is 9.53 Å². The van der Waals surface area contributed by atoms with E-state index in [9.17, 15) is 4.79 Å². The van der Waals surface area contributed by atoms with Gasteiger partial charge in [0.2, 0.25) is 5.91 Å². The van der Waals surface area contributed by atoms with E-state index in [2.05, 4.69) is 0 Å². The molecule has 0 spiro atoms. The molecule has 2 fully saturated rings. The Kier molecular flexibility index (Phi) is 6.30. The number of carbonyl (C=O) groups excluding carboxylic acids is 1. The third-order valence-corrected chi connectivity index (χ3v) is 4.90. The molecular weight excluding hydrogens is 252 g/mol. The Morgan fingerprint density at radius 1 is 1.20 bits per heavy atom. The smallest absolute Gasteiger partial charge is 0.222 e. The average molecular weight is 282 g/mol. The van der Waals surface area contributed by atoms with E-state index in [1.807, 2.05) is 11.8 Å². The van der Waals surface area contributed by atoms with Crippen molar-refractivity contribution in [2.24, 2.45) is 17.6 Å². The van der Waals surface area contributed by atoms with Crippen LogP contribution in [0.4, 0.5) is 0 Å². The zero-order chi connectivity index (χ0) is 14.4. The second kappa shape index (κ2) is 7.99. The molecule has 0 aromatic carbocycles. The van der Waals surface area contributed by atoms with Crippen molar-refractivity contribution in [2.45, 2.75) is 58.0 Å². The molecule has 116 valence electrons. The summed E-state index contributed by atoms with van der Waals surface area (Å²) in [6, 6.07) is 0. The molecule has 4 heteroatoms. The number of amides is 1. The average Bonchev–Trinajstić information content (AvgIpc) is 2.48. The van der Waals surface area contributed by atoms with Gasteiger partial charge in [0.25, 0.3) is 0 Å². The highest BCUT2D eigenvalue weighted by Gasteiger charge is 2.27. The van der Waals surface area contributed by atoms with Crippen molar-refractivity contribution >= 4 is 5.91 Å². The number of likely N-dealkylation sites (tertiary alicyclic amines) is 1. The molecule has 2 N–H and O–H groups in total. The van der Waals surface area contributed by atoms with Gasteiger partial charge in [-0.3, -0.25) is 4.79 Å². The second-order valence-corrected chi connectivity index (χ2v) is 6.39. The van der Waals surface area contributed by atoms with E-state index in [1.54, 1.807) is 0 Å². The van der Waals surface area contributed by atoms with Gasteiger partial charge in [-0.1, -0.05) is 0 Å². The van der Waals surface area contributed by atoms with Gasteiger partial charge in [-0.2, -0.15) is 0 Å². The minimum absolute atomic E-state index is 0.255. The molecule has 2 rings (SSSR count). The summed E-state index contributed by atoms with van der Waals surface area (Å²) < 4.78 is 5.67. The Morgan fingerprint density at radius 3 is 2.55 bits per heavy atom. The van der Waals surface area contributed by atoms with Crippen molar-refractivity contribution in [3.05, 3.63) is 0 Å². The Morgan fingerprint density at radius 2 is 1.90 bits per heavy atom. The first kappa shape index (κ1) is 15.8. The molecule has 1 saturated carbocycles. The summed E-state index contributed by atoms with van der Waals surface area (Å²) in [5.41, 5.74) is 5.72. The Balaban J connectivity index is 1.74. The molecule has 1 saturated heterocycles. The van der Waals surface area contributed by atoms with Gasteiger partial charge in [-0.05, 0) is 63.8 Å². The molecule has 1 aliphatic carbocycles. The topological polar surface area (TPSA) is 55.6 Å². The maximum Gasteiger partial charge on any atom is 0.222 e. The van der Waals surface area contributed by atoms with Gasteiger partial charge >= 0.3 is 0 Å². The number of ether oxygens (including phenoxy) is 1. The highest BCUT2D eigenvalue weighted by Crippen LogP contribution is 2.31. The van der Waals surface area contributed by atoms with Gasteiger partial charge in [0.15, 0.2) is 0 Å². The number of hydrogen-bond acceptors (Lipinski definition) is 3. The maximum atomic E-state index is 12.4. The Bertz CT molecular complexity index is 299. The minimum Gasteiger partial charge on any atom is -0.377 e. The zero-order valence-electron chi connectivity index (χ0n) is 12.9. The van der Waals surface area contributed by atoms with Crippen LogP contribution in [0.3, 0.4) is 0 Å². The van der Waals surface area contributed by atoms with E-state index in [1.165, 1.54) is 25.7 Å². The third kappa shape index (κ3) is 4.45. The van der Waals surface area contributed by atoms with Crippen molar-refractivity contribution in [2.75, 3.05) is 26.2 Å². The maximum absolute atomic E-state index is 12.4. The van der Waals surface area contributed by atoms with Gasteiger partial charge in [0, 0.05) is 26.1 Å². The van der Waals surface area contributed by atoms with Crippen LogP contribution in [0.5, 0.6) is 0 Å². The first-order valence-electron chi connectivity index (χ1n) is 8.32. The molecule has 2 aliphatic rings. The van der Waals surface area contributed by atoms with Crippen LogP contribution in [-0.2, 0) is 9.53 Å². The molecule has 1 aliphatic heterocycles. The normalized spacial score (nSPS) is 31.3. The van der Waals surface area contributed by atoms with Gasteiger partial charge in [0.05, 0.1) is 6.10 Å². The van der Waals surface area contributed by atoms with Crippen LogP contribution >= 0.6 is 0 Å². The predicted octanol–water partition coefficient (Wildman–Crippen LogP) is 2.17. The predicted molar refractivity (Wildman–Crippen MR) is 80.3 cm³/mol. The fourth-order valence-electron chi connectivity index (χ4n) is 3.58. The fourth-order valence-corrected chi connectivity index (χ4v) is 3.58. The molecule has 1 heterocycles. The molecule has 1 unspecified atom stereocenters. The first-order chi connectivity index (χ1) is 9.72. The lowest BCUT2D eigenvalue weighted by atomic mass is 9.80. The van der Waals surface area contributed by atoms with Crippen molar-refractivity contribution in [3.63, 3.8) is 0 Å². The lowest BCUT2D eigenvalue weighted by Crippen LogP contribution is -2.44. The highest BCUT2D eigenvalue weighted by molar-refractivity contribution is 5.76. The summed E-state index contributed by atoms with van der Waals surface area (Å²) in [5.74, 6) is 1.61. The van der Waals surface area contributed by atoms with Crippen LogP contribution in [0, 0.1) is 11.8 Å². The van der Waals surface area contributed by atoms with E-state index in [-0.39, 0.29) is 6.10 Å². The number of rotatable bonds is 5. The molecule has 0 bridgehead atoms. The Hall–Kier alpha value is -0.610. The third-order valence-electron chi connectivity index (χ3n) is 4.90. The first-order valence-corrected chi connectivity index (χ1v) is 8.32. The summed E-state index contributed by atoms with van der Waals surface area (Å²) in [6.07, 6.45) is 7.93. The summed E-state index contributed by atoms with van der Waals surface area (Å²) >= 11 is 0. The van der Waals surface area contributed by atoms with E-state index in [4.69, 9.17) is 10.5 Å². The van der Waals surface area contributed by atoms with Crippen LogP contribution < -0.4 is 5.73 Å². The number of piperidine rings is 1. The van der Waals surface area contributed by atoms with Crippen LogP contribution in [0.2, 0.25) is 0 Å². The number of hydrogen-bond donors (Lipinski definition) is 1. The summed E-state index contributed by atoms with van der Waals surface area (Å²) in [4.78, 5) is 14.4. The van der Waals surface area contributed by atoms with Crippen LogP contribution in [-0.4, -0.2) is 43.2 Å². The summed E-state index contributed by atoms with van der Waals surface area (Å²) in [7, 11) is 0. The van der Waals surface area contributed by atoms with Crippen LogP contribution in [0.25, 0.3) is 0 Å². The van der Waals surface area contributed by atoms with Gasteiger partial charge in [0.1, 0.15) is 0 Å². The quantitative estimate of drug-likeness (QED) is 0.841. The van der Waals surface area contributed by atoms with Crippen LogP contribution in [0.1, 0.15) is 51.9 Å². The molecule has 4 nitrogen and oxygen atoms in total. The lowest BCUT2D eigenvalue weighted by molar-refractivity contribution is -0.136. The summed E-state index contributed by atoms with van der Waals surface area (Å²) in [5, 5.41) is 0. The lowest BCUT2D eigenvalue weighted by Gasteiger charge is -2.34. The van der Waals surface area contributed by atoms with Crippen LogP contribution in [0.15, 0.2) is 0 Å². The fraction of sp³-hybridized carbons (Fsp3) is 0.938. The van der Waals surface area contributed by atoms with Crippen molar-refractivity contribution in [1.82, 2.24) is 4.90 Å². The standard InChI is InChI=1S/C16H30N2O2/c1-2-20-15-4-3-9-18(12-15)16(19)10-13-5-7-14(11-17)8-6-13/h13-15H,2-12,17H2,1H3. The second-order valence-electron chi connectivity index (χ2n) is 6.39. The number of nitrogens with zero attached hydrogens (tertiary/aromatic N) is 1. The minimum atomic E-state index is 0.255.